The van der Waals surface area contributed by atoms with E-state index in [0.29, 0.717) is 18.8 Å². The van der Waals surface area contributed by atoms with Gasteiger partial charge < -0.3 is 10.2 Å². The van der Waals surface area contributed by atoms with Crippen molar-refractivity contribution in [1.82, 2.24) is 9.88 Å². The van der Waals surface area contributed by atoms with E-state index < -0.39 is 5.60 Å². The molecule has 0 aromatic carbocycles. The zero-order valence-electron chi connectivity index (χ0n) is 11.1. The van der Waals surface area contributed by atoms with Gasteiger partial charge in [-0.3, -0.25) is 9.88 Å². The molecule has 0 saturated carbocycles. The number of hydrogen-bond donors (Lipinski definition) is 2. The van der Waals surface area contributed by atoms with E-state index >= 15 is 0 Å². The Hall–Kier alpha value is -1.13. The van der Waals surface area contributed by atoms with Crippen LogP contribution in [0.4, 0.5) is 0 Å². The molecule has 17 heavy (non-hydrogen) atoms. The van der Waals surface area contributed by atoms with Crippen molar-refractivity contribution in [2.75, 3.05) is 13.1 Å². The fourth-order valence-corrected chi connectivity index (χ4v) is 1.76. The van der Waals surface area contributed by atoms with Gasteiger partial charge in [0.1, 0.15) is 5.75 Å². The molecule has 0 radical (unpaired) electrons. The number of aliphatic hydroxyl groups is 1. The SMILES string of the molecule is CCN(Cc1nc(C)ccc1O)CC(C)(C)O. The number of rotatable bonds is 5. The molecule has 1 aromatic heterocycles. The molecule has 1 rings (SSSR count). The smallest absolute Gasteiger partial charge is 0.138 e. The Kier molecular flexibility index (Phi) is 4.48. The number of pyridine rings is 1. The van der Waals surface area contributed by atoms with Crippen LogP contribution in [0.1, 0.15) is 32.2 Å². The second kappa shape index (κ2) is 5.47. The first-order valence-corrected chi connectivity index (χ1v) is 5.92. The van der Waals surface area contributed by atoms with Crippen LogP contribution in [-0.4, -0.2) is 38.8 Å². The van der Waals surface area contributed by atoms with Crippen LogP contribution in [0.5, 0.6) is 5.75 Å². The summed E-state index contributed by atoms with van der Waals surface area (Å²) in [5, 5.41) is 19.5. The largest absolute Gasteiger partial charge is 0.506 e. The molecule has 4 nitrogen and oxygen atoms in total. The molecule has 0 amide bonds. The molecular weight excluding hydrogens is 216 g/mol. The molecule has 1 heterocycles. The van der Waals surface area contributed by atoms with Crippen molar-refractivity contribution in [2.45, 2.75) is 39.8 Å². The van der Waals surface area contributed by atoms with Crippen LogP contribution >= 0.6 is 0 Å². The summed E-state index contributed by atoms with van der Waals surface area (Å²) in [6.07, 6.45) is 0. The summed E-state index contributed by atoms with van der Waals surface area (Å²) in [6, 6.07) is 3.45. The van der Waals surface area contributed by atoms with E-state index in [1.54, 1.807) is 26.0 Å². The third kappa shape index (κ3) is 4.71. The van der Waals surface area contributed by atoms with Gasteiger partial charge in [0.15, 0.2) is 0 Å². The summed E-state index contributed by atoms with van der Waals surface area (Å²) in [4.78, 5) is 6.37. The van der Waals surface area contributed by atoms with Crippen molar-refractivity contribution in [3.05, 3.63) is 23.5 Å². The molecular formula is C13H22N2O2. The molecule has 96 valence electrons. The molecule has 0 saturated heterocycles. The maximum absolute atomic E-state index is 9.80. The lowest BCUT2D eigenvalue weighted by atomic mass is 10.1. The summed E-state index contributed by atoms with van der Waals surface area (Å²) in [5.74, 6) is 0.213. The molecule has 0 aliphatic heterocycles. The predicted molar refractivity (Wildman–Crippen MR) is 67.9 cm³/mol. The van der Waals surface area contributed by atoms with Crippen LogP contribution in [-0.2, 0) is 6.54 Å². The van der Waals surface area contributed by atoms with Crippen molar-refractivity contribution >= 4 is 0 Å². The van der Waals surface area contributed by atoms with Gasteiger partial charge in [0.25, 0.3) is 0 Å². The monoisotopic (exact) mass is 238 g/mol. The van der Waals surface area contributed by atoms with Gasteiger partial charge in [-0.1, -0.05) is 6.92 Å². The third-order valence-electron chi connectivity index (χ3n) is 2.52. The normalized spacial score (nSPS) is 12.1. The van der Waals surface area contributed by atoms with Crippen molar-refractivity contribution < 1.29 is 10.2 Å². The van der Waals surface area contributed by atoms with Gasteiger partial charge in [0, 0.05) is 18.8 Å². The molecule has 0 atom stereocenters. The lowest BCUT2D eigenvalue weighted by Gasteiger charge is -2.27. The fraction of sp³-hybridized carbons (Fsp3) is 0.615. The van der Waals surface area contributed by atoms with Crippen LogP contribution in [0.2, 0.25) is 0 Å². The predicted octanol–water partition coefficient (Wildman–Crippen LogP) is 1.69. The summed E-state index contributed by atoms with van der Waals surface area (Å²) >= 11 is 0. The highest BCUT2D eigenvalue weighted by Crippen LogP contribution is 2.17. The number of hydrogen-bond acceptors (Lipinski definition) is 4. The summed E-state index contributed by atoms with van der Waals surface area (Å²) in [5.41, 5.74) is 0.809. The molecule has 0 aliphatic carbocycles. The zero-order chi connectivity index (χ0) is 13.1. The van der Waals surface area contributed by atoms with Crippen LogP contribution in [0, 0.1) is 6.92 Å². The second-order valence-electron chi connectivity index (χ2n) is 5.03. The molecule has 0 fully saturated rings. The zero-order valence-corrected chi connectivity index (χ0v) is 11.1. The van der Waals surface area contributed by atoms with Gasteiger partial charge in [-0.2, -0.15) is 0 Å². The van der Waals surface area contributed by atoms with Gasteiger partial charge in [0.2, 0.25) is 0 Å². The van der Waals surface area contributed by atoms with E-state index in [1.807, 2.05) is 13.8 Å². The van der Waals surface area contributed by atoms with Gasteiger partial charge >= 0.3 is 0 Å². The number of aromatic nitrogens is 1. The van der Waals surface area contributed by atoms with Crippen molar-refractivity contribution in [3.8, 4) is 5.75 Å². The van der Waals surface area contributed by atoms with E-state index in [9.17, 15) is 10.2 Å². The maximum atomic E-state index is 9.80. The summed E-state index contributed by atoms with van der Waals surface area (Å²) in [6.45, 7) is 9.39. The average Bonchev–Trinajstić information content (AvgIpc) is 2.20. The Morgan fingerprint density at radius 3 is 2.53 bits per heavy atom. The number of aryl methyl sites for hydroxylation is 1. The van der Waals surface area contributed by atoms with Crippen LogP contribution in [0.25, 0.3) is 0 Å². The Labute approximate surface area is 103 Å². The van der Waals surface area contributed by atoms with E-state index in [0.717, 1.165) is 12.2 Å². The number of likely N-dealkylation sites (N-methyl/N-ethyl adjacent to an activating group) is 1. The first-order valence-electron chi connectivity index (χ1n) is 5.92. The van der Waals surface area contributed by atoms with Crippen molar-refractivity contribution in [1.29, 1.82) is 0 Å². The lowest BCUT2D eigenvalue weighted by Crippen LogP contribution is -2.38. The van der Waals surface area contributed by atoms with E-state index in [2.05, 4.69) is 9.88 Å². The van der Waals surface area contributed by atoms with Gasteiger partial charge in [-0.15, -0.1) is 0 Å². The highest BCUT2D eigenvalue weighted by Gasteiger charge is 2.18. The minimum Gasteiger partial charge on any atom is -0.506 e. The first kappa shape index (κ1) is 13.9. The highest BCUT2D eigenvalue weighted by molar-refractivity contribution is 5.27. The first-order chi connectivity index (χ1) is 7.81. The van der Waals surface area contributed by atoms with Crippen molar-refractivity contribution in [2.24, 2.45) is 0 Å². The molecule has 0 bridgehead atoms. The average molecular weight is 238 g/mol. The molecule has 0 unspecified atom stereocenters. The molecule has 4 heteroatoms. The van der Waals surface area contributed by atoms with E-state index in [4.69, 9.17) is 0 Å². The van der Waals surface area contributed by atoms with Crippen LogP contribution in [0.3, 0.4) is 0 Å². The van der Waals surface area contributed by atoms with Gasteiger partial charge in [-0.25, -0.2) is 0 Å². The van der Waals surface area contributed by atoms with Crippen LogP contribution < -0.4 is 0 Å². The lowest BCUT2D eigenvalue weighted by molar-refractivity contribution is 0.0347. The topological polar surface area (TPSA) is 56.6 Å². The summed E-state index contributed by atoms with van der Waals surface area (Å²) < 4.78 is 0. The standard InChI is InChI=1S/C13H22N2O2/c1-5-15(9-13(3,4)17)8-11-12(16)7-6-10(2)14-11/h6-7,16-17H,5,8-9H2,1-4H3. The van der Waals surface area contributed by atoms with Crippen molar-refractivity contribution in [3.63, 3.8) is 0 Å². The number of nitrogens with zero attached hydrogens (tertiary/aromatic N) is 2. The Morgan fingerprint density at radius 2 is 2.00 bits per heavy atom. The van der Waals surface area contributed by atoms with E-state index in [-0.39, 0.29) is 5.75 Å². The molecule has 0 spiro atoms. The molecule has 0 aliphatic rings. The second-order valence-corrected chi connectivity index (χ2v) is 5.03. The minimum atomic E-state index is -0.741. The highest BCUT2D eigenvalue weighted by atomic mass is 16.3. The van der Waals surface area contributed by atoms with Gasteiger partial charge in [0.05, 0.1) is 11.3 Å². The fourth-order valence-electron chi connectivity index (χ4n) is 1.76. The maximum Gasteiger partial charge on any atom is 0.138 e. The number of aromatic hydroxyl groups is 1. The molecule has 2 N–H and O–H groups in total. The van der Waals surface area contributed by atoms with Crippen LogP contribution in [0.15, 0.2) is 12.1 Å². The Morgan fingerprint density at radius 1 is 1.35 bits per heavy atom. The third-order valence-corrected chi connectivity index (χ3v) is 2.52. The summed E-state index contributed by atoms with van der Waals surface area (Å²) in [7, 11) is 0. The van der Waals surface area contributed by atoms with Gasteiger partial charge in [-0.05, 0) is 39.4 Å². The Bertz CT molecular complexity index is 372. The molecule has 1 aromatic rings. The Balaban J connectivity index is 2.77. The minimum absolute atomic E-state index is 0.213. The quantitative estimate of drug-likeness (QED) is 0.819. The van der Waals surface area contributed by atoms with E-state index in [1.165, 1.54) is 0 Å².